The molecule has 0 aromatic heterocycles. The van der Waals surface area contributed by atoms with E-state index in [4.69, 9.17) is 1.37 Å². The molecule has 0 saturated heterocycles. The van der Waals surface area contributed by atoms with Gasteiger partial charge in [-0.25, -0.2) is 0 Å². The van der Waals surface area contributed by atoms with Crippen molar-refractivity contribution < 1.29 is 7.59 Å². The molecule has 0 aliphatic rings. The smallest absolute Gasteiger partial charge is 0.119 e. The Bertz CT molecular complexity index is 44.1. The summed E-state index contributed by atoms with van der Waals surface area (Å²) < 4.78 is 6.19. The first-order valence-corrected chi connectivity index (χ1v) is 1.26. The Morgan fingerprint density at radius 3 is 3.00 bits per heavy atom. The average molecular weight is 62.1 g/mol. The van der Waals surface area contributed by atoms with Crippen molar-refractivity contribution in [3.05, 3.63) is 0 Å². The number of hydrogen-bond acceptors (Lipinski definition) is 1. The molecule has 1 nitrogen and oxygen atoms in total. The van der Waals surface area contributed by atoms with Crippen molar-refractivity contribution in [1.29, 1.82) is 0 Å². The standard InChI is InChI=1S/C3H6O.H2/c1-2-3-4;/h3H,2H2,1H3;1H/i3T;. The highest BCUT2D eigenvalue weighted by atomic mass is 16.1. The van der Waals surface area contributed by atoms with E-state index >= 15 is 0 Å². The maximum Gasteiger partial charge on any atom is 0.119 e. The average Bonchev–Trinajstić information content (AvgIpc) is 1.38. The lowest BCUT2D eigenvalue weighted by atomic mass is 10.6. The van der Waals surface area contributed by atoms with Gasteiger partial charge >= 0.3 is 0 Å². The Labute approximate surface area is 28.5 Å². The van der Waals surface area contributed by atoms with E-state index in [0.717, 1.165) is 0 Å². The van der Waals surface area contributed by atoms with Crippen LogP contribution in [0.25, 0.3) is 0 Å². The minimum absolute atomic E-state index is 0. The lowest BCUT2D eigenvalue weighted by Crippen LogP contribution is -1.55. The summed E-state index contributed by atoms with van der Waals surface area (Å²) in [6.45, 7) is 1.66. The first-order valence-electron chi connectivity index (χ1n) is 1.76. The molecule has 0 unspecified atom stereocenters. The van der Waals surface area contributed by atoms with Crippen LogP contribution in [0, 0.1) is 0 Å². The van der Waals surface area contributed by atoms with Crippen LogP contribution < -0.4 is 0 Å². The van der Waals surface area contributed by atoms with E-state index < -0.39 is 6.26 Å². The van der Waals surface area contributed by atoms with E-state index in [1.54, 1.807) is 6.92 Å². The second kappa shape index (κ2) is 2.67. The van der Waals surface area contributed by atoms with Crippen LogP contribution in [0.2, 0.25) is 0 Å². The monoisotopic (exact) mass is 62.1 g/mol. The van der Waals surface area contributed by atoms with Crippen molar-refractivity contribution in [2.45, 2.75) is 13.3 Å². The van der Waals surface area contributed by atoms with Crippen LogP contribution in [0.3, 0.4) is 0 Å². The molecule has 0 saturated carbocycles. The third-order valence-electron chi connectivity index (χ3n) is 0.144. The predicted octanol–water partition coefficient (Wildman–Crippen LogP) is 0.841. The van der Waals surface area contributed by atoms with Gasteiger partial charge in [-0.15, -0.1) is 0 Å². The zero-order valence-electron chi connectivity index (χ0n) is 3.62. The fourth-order valence-corrected chi connectivity index (χ4v) is 0. The van der Waals surface area contributed by atoms with Gasteiger partial charge in [-0.3, -0.25) is 0 Å². The third-order valence-corrected chi connectivity index (χ3v) is 0.144. The summed E-state index contributed by atoms with van der Waals surface area (Å²) in [5.74, 6) is 0. The molecule has 1 heteroatoms. The number of hydrogen-bond donors (Lipinski definition) is 0. The Hall–Kier alpha value is -0.330. The van der Waals surface area contributed by atoms with Crippen LogP contribution in [0.15, 0.2) is 0 Å². The molecule has 0 aliphatic heterocycles. The summed E-state index contributed by atoms with van der Waals surface area (Å²) in [6, 6.07) is 0. The highest BCUT2D eigenvalue weighted by Crippen LogP contribution is 1.53. The number of aldehydes is 1. The molecule has 0 amide bonds. The molecule has 0 radical (unpaired) electrons. The van der Waals surface area contributed by atoms with Gasteiger partial charge in [0.05, 0.1) is 0 Å². The summed E-state index contributed by atoms with van der Waals surface area (Å²) >= 11 is 0. The summed E-state index contributed by atoms with van der Waals surface area (Å²) in [6.07, 6.45) is -0.162. The summed E-state index contributed by atoms with van der Waals surface area (Å²) in [5, 5.41) is 0. The van der Waals surface area contributed by atoms with E-state index in [2.05, 4.69) is 0 Å². The molecule has 0 rings (SSSR count). The van der Waals surface area contributed by atoms with Crippen LogP contribution in [-0.4, -0.2) is 6.26 Å². The van der Waals surface area contributed by atoms with Gasteiger partial charge in [-0.1, -0.05) is 6.92 Å². The molecule has 0 heterocycles. The van der Waals surface area contributed by atoms with Gasteiger partial charge in [0.1, 0.15) is 7.63 Å². The molecule has 0 N–H and O–H groups in total. The fraction of sp³-hybridized carbons (Fsp3) is 0.667. The SMILES string of the molecule is [3H]C(=O)CC.[HH]. The molecule has 0 aromatic carbocycles. The van der Waals surface area contributed by atoms with Gasteiger partial charge in [0.25, 0.3) is 0 Å². The van der Waals surface area contributed by atoms with Crippen molar-refractivity contribution in [3.63, 3.8) is 0 Å². The van der Waals surface area contributed by atoms with E-state index in [1.165, 1.54) is 0 Å². The second-order valence-corrected chi connectivity index (χ2v) is 0.498. The number of carbonyl (C=O) groups excluding carboxylic acids is 1. The highest BCUT2D eigenvalue weighted by Gasteiger charge is 1.52. The zero-order chi connectivity index (χ0) is 4.28. The highest BCUT2D eigenvalue weighted by molar-refractivity contribution is 5.48. The van der Waals surface area contributed by atoms with Crippen LogP contribution in [0.4, 0.5) is 0 Å². The molecule has 0 aliphatic carbocycles. The number of carbonyl (C=O) groups is 1. The maximum atomic E-state index is 9.48. The van der Waals surface area contributed by atoms with Gasteiger partial charge in [0.2, 0.25) is 0 Å². The molecule has 0 spiro atoms. The number of rotatable bonds is 1. The second-order valence-electron chi connectivity index (χ2n) is 0.498. The first-order chi connectivity index (χ1) is 2.27. The van der Waals surface area contributed by atoms with Gasteiger partial charge in [0.15, 0.2) is 0 Å². The van der Waals surface area contributed by atoms with Crippen LogP contribution in [0.1, 0.15) is 16.1 Å². The molecule has 0 atom stereocenters. The normalized spacial score (nSPS) is 9.75. The molecule has 0 fully saturated rings. The van der Waals surface area contributed by atoms with Crippen molar-refractivity contribution >= 4 is 6.26 Å². The fourth-order valence-electron chi connectivity index (χ4n) is 0. The van der Waals surface area contributed by atoms with Crippen LogP contribution in [0.5, 0.6) is 0 Å². The minimum Gasteiger partial charge on any atom is -0.303 e. The van der Waals surface area contributed by atoms with Crippen molar-refractivity contribution in [3.8, 4) is 0 Å². The molecule has 0 bridgehead atoms. The molecular weight excluding hydrogens is 52.0 g/mol. The maximum absolute atomic E-state index is 9.48. The van der Waals surface area contributed by atoms with E-state index in [9.17, 15) is 4.79 Å². The third kappa shape index (κ3) is 1.67. The van der Waals surface area contributed by atoms with Gasteiger partial charge < -0.3 is 4.79 Å². The van der Waals surface area contributed by atoms with Crippen molar-refractivity contribution in [2.24, 2.45) is 0 Å². The van der Waals surface area contributed by atoms with Crippen LogP contribution in [-0.2, 0) is 4.79 Å². The Morgan fingerprint density at radius 1 is 2.75 bits per heavy atom. The van der Waals surface area contributed by atoms with Gasteiger partial charge in [0, 0.05) is 7.85 Å². The lowest BCUT2D eigenvalue weighted by molar-refractivity contribution is -0.107. The minimum atomic E-state index is -0.495. The van der Waals surface area contributed by atoms with Crippen molar-refractivity contribution in [1.82, 2.24) is 0 Å². The van der Waals surface area contributed by atoms with E-state index in [0.29, 0.717) is 6.42 Å². The largest absolute Gasteiger partial charge is 0.303 e. The van der Waals surface area contributed by atoms with Crippen LogP contribution >= 0.6 is 0 Å². The summed E-state index contributed by atoms with van der Waals surface area (Å²) in [4.78, 5) is 9.48. The summed E-state index contributed by atoms with van der Waals surface area (Å²) in [5.41, 5.74) is 0. The Kier molecular flexibility index (Phi) is 1.30. The Balaban J connectivity index is 0. The lowest BCUT2D eigenvalue weighted by Gasteiger charge is -1.51. The predicted molar refractivity (Wildman–Crippen MR) is 18.5 cm³/mol. The topological polar surface area (TPSA) is 17.1 Å². The van der Waals surface area contributed by atoms with Gasteiger partial charge in [-0.05, 0) is 0 Å². The van der Waals surface area contributed by atoms with Crippen molar-refractivity contribution in [2.75, 3.05) is 0 Å². The Morgan fingerprint density at radius 2 is 3.00 bits per heavy atom. The molecule has 4 heavy (non-hydrogen) atoms. The first kappa shape index (κ1) is 1.94. The molecule has 0 aromatic rings. The van der Waals surface area contributed by atoms with E-state index in [-0.39, 0.29) is 1.43 Å². The molecular formula is C3H8O. The zero-order valence-corrected chi connectivity index (χ0v) is 2.62. The quantitative estimate of drug-likeness (QED) is 0.411. The molecule has 26 valence electrons. The van der Waals surface area contributed by atoms with Gasteiger partial charge in [-0.2, -0.15) is 0 Å². The summed E-state index contributed by atoms with van der Waals surface area (Å²) in [7, 11) is 0. The van der Waals surface area contributed by atoms with E-state index in [1.807, 2.05) is 0 Å².